The lowest BCUT2D eigenvalue weighted by atomic mass is 9.98. The van der Waals surface area contributed by atoms with Gasteiger partial charge in [0, 0.05) is 11.3 Å². The van der Waals surface area contributed by atoms with Crippen LogP contribution < -0.4 is 0 Å². The normalized spacial score (nSPS) is 22.8. The molecule has 3 rings (SSSR count). The van der Waals surface area contributed by atoms with Crippen LogP contribution in [0, 0.1) is 5.92 Å². The van der Waals surface area contributed by atoms with Gasteiger partial charge in [-0.15, -0.1) is 11.3 Å². The van der Waals surface area contributed by atoms with Crippen molar-refractivity contribution in [3.8, 4) is 0 Å². The minimum atomic E-state index is -0.237. The van der Waals surface area contributed by atoms with Crippen molar-refractivity contribution in [2.24, 2.45) is 10.9 Å². The summed E-state index contributed by atoms with van der Waals surface area (Å²) >= 11 is 1.70. The summed E-state index contributed by atoms with van der Waals surface area (Å²) < 4.78 is 0. The molecule has 0 spiro atoms. The molecule has 0 N–H and O–H groups in total. The van der Waals surface area contributed by atoms with Crippen LogP contribution in [0.5, 0.6) is 0 Å². The van der Waals surface area contributed by atoms with E-state index in [0.29, 0.717) is 12.3 Å². The second-order valence-corrected chi connectivity index (χ2v) is 6.51. The van der Waals surface area contributed by atoms with Gasteiger partial charge in [-0.1, -0.05) is 37.8 Å². The van der Waals surface area contributed by atoms with Crippen molar-refractivity contribution in [2.45, 2.75) is 38.1 Å². The molecule has 1 aromatic rings. The molecule has 3 heteroatoms. The van der Waals surface area contributed by atoms with E-state index in [4.69, 9.17) is 0 Å². The number of carbonyl (C=O) groups excluding carboxylic acids is 1. The molecular weight excluding hydrogens is 266 g/mol. The van der Waals surface area contributed by atoms with Gasteiger partial charge in [0.15, 0.2) is 5.78 Å². The molecule has 1 aromatic heterocycles. The first kappa shape index (κ1) is 13.5. The van der Waals surface area contributed by atoms with Gasteiger partial charge in [0.25, 0.3) is 0 Å². The number of aliphatic imine (C=N–C) groups is 1. The average Bonchev–Trinajstić information content (AvgIpc) is 3.19. The van der Waals surface area contributed by atoms with E-state index in [9.17, 15) is 4.79 Å². The lowest BCUT2D eigenvalue weighted by Crippen LogP contribution is -2.17. The van der Waals surface area contributed by atoms with Crippen LogP contribution in [0.4, 0.5) is 0 Å². The molecule has 20 heavy (non-hydrogen) atoms. The summed E-state index contributed by atoms with van der Waals surface area (Å²) in [6.07, 6.45) is 13.7. The maximum Gasteiger partial charge on any atom is 0.161 e. The fourth-order valence-corrected chi connectivity index (χ4v) is 3.51. The second kappa shape index (κ2) is 6.31. The number of nitrogens with zero attached hydrogens (tertiary/aromatic N) is 1. The molecule has 1 aliphatic carbocycles. The SMILES string of the molecule is O=C(CC1CCCC1)C1C=CC(/C=C/c2cccs2)=N1. The summed E-state index contributed by atoms with van der Waals surface area (Å²) in [5.41, 5.74) is 0.906. The highest BCUT2D eigenvalue weighted by Gasteiger charge is 2.24. The van der Waals surface area contributed by atoms with Crippen LogP contribution >= 0.6 is 11.3 Å². The number of ketones is 1. The Bertz CT molecular complexity index is 548. The zero-order valence-electron chi connectivity index (χ0n) is 11.5. The molecule has 1 fully saturated rings. The first-order valence-electron chi connectivity index (χ1n) is 7.31. The van der Waals surface area contributed by atoms with E-state index in [-0.39, 0.29) is 11.8 Å². The minimum Gasteiger partial charge on any atom is -0.297 e. The maximum atomic E-state index is 12.2. The van der Waals surface area contributed by atoms with Crippen molar-refractivity contribution < 1.29 is 4.79 Å². The van der Waals surface area contributed by atoms with Gasteiger partial charge in [0.1, 0.15) is 6.04 Å². The van der Waals surface area contributed by atoms with Gasteiger partial charge in [-0.05, 0) is 35.6 Å². The number of Topliss-reactive ketones (excluding diaryl/α,β-unsaturated/α-hetero) is 1. The summed E-state index contributed by atoms with van der Waals surface area (Å²) in [6.45, 7) is 0. The smallest absolute Gasteiger partial charge is 0.161 e. The minimum absolute atomic E-state index is 0.237. The lowest BCUT2D eigenvalue weighted by molar-refractivity contribution is -0.120. The highest BCUT2D eigenvalue weighted by molar-refractivity contribution is 7.10. The molecule has 2 aliphatic rings. The first-order valence-corrected chi connectivity index (χ1v) is 8.19. The summed E-state index contributed by atoms with van der Waals surface area (Å²) in [5, 5.41) is 2.06. The predicted molar refractivity (Wildman–Crippen MR) is 85.3 cm³/mol. The molecule has 1 atom stereocenters. The third kappa shape index (κ3) is 3.34. The van der Waals surface area contributed by atoms with Crippen molar-refractivity contribution in [1.29, 1.82) is 0 Å². The Morgan fingerprint density at radius 1 is 1.35 bits per heavy atom. The standard InChI is InChI=1S/C17H19NOS/c19-17(12-13-4-1-2-5-13)16-10-8-14(18-16)7-9-15-6-3-11-20-15/h3,6-11,13,16H,1-2,4-5,12H2/b9-7+. The van der Waals surface area contributed by atoms with Crippen LogP contribution in [0.25, 0.3) is 6.08 Å². The topological polar surface area (TPSA) is 29.4 Å². The molecule has 1 unspecified atom stereocenters. The highest BCUT2D eigenvalue weighted by atomic mass is 32.1. The van der Waals surface area contributed by atoms with Gasteiger partial charge in [-0.2, -0.15) is 0 Å². The van der Waals surface area contributed by atoms with E-state index >= 15 is 0 Å². The zero-order chi connectivity index (χ0) is 13.8. The summed E-state index contributed by atoms with van der Waals surface area (Å²) in [4.78, 5) is 17.9. The van der Waals surface area contributed by atoms with Crippen LogP contribution in [0.15, 0.2) is 40.7 Å². The third-order valence-electron chi connectivity index (χ3n) is 3.99. The van der Waals surface area contributed by atoms with Gasteiger partial charge in [-0.3, -0.25) is 9.79 Å². The highest BCUT2D eigenvalue weighted by Crippen LogP contribution is 2.28. The van der Waals surface area contributed by atoms with Crippen LogP contribution in [0.2, 0.25) is 0 Å². The fourth-order valence-electron chi connectivity index (χ4n) is 2.89. The number of carbonyl (C=O) groups is 1. The lowest BCUT2D eigenvalue weighted by Gasteiger charge is -2.09. The van der Waals surface area contributed by atoms with Crippen LogP contribution in [-0.2, 0) is 4.79 Å². The third-order valence-corrected chi connectivity index (χ3v) is 4.83. The molecule has 1 saturated carbocycles. The van der Waals surface area contributed by atoms with Crippen LogP contribution in [0.3, 0.4) is 0 Å². The quantitative estimate of drug-likeness (QED) is 0.793. The van der Waals surface area contributed by atoms with E-state index in [1.807, 2.05) is 24.3 Å². The van der Waals surface area contributed by atoms with Gasteiger partial charge in [0.05, 0.1) is 5.71 Å². The van der Waals surface area contributed by atoms with E-state index in [2.05, 4.69) is 22.5 Å². The van der Waals surface area contributed by atoms with Gasteiger partial charge in [0.2, 0.25) is 0 Å². The molecule has 104 valence electrons. The Labute approximate surface area is 123 Å². The number of thiophene rings is 1. The van der Waals surface area contributed by atoms with Crippen LogP contribution in [-0.4, -0.2) is 17.5 Å². The Kier molecular flexibility index (Phi) is 4.26. The van der Waals surface area contributed by atoms with E-state index in [1.54, 1.807) is 11.3 Å². The van der Waals surface area contributed by atoms with Gasteiger partial charge in [-0.25, -0.2) is 0 Å². The monoisotopic (exact) mass is 285 g/mol. The Hall–Kier alpha value is -1.48. The summed E-state index contributed by atoms with van der Waals surface area (Å²) in [5.74, 6) is 0.893. The van der Waals surface area contributed by atoms with E-state index < -0.39 is 0 Å². The maximum absolute atomic E-state index is 12.2. The van der Waals surface area contributed by atoms with E-state index in [1.165, 1.54) is 30.6 Å². The summed E-state index contributed by atoms with van der Waals surface area (Å²) in [7, 11) is 0. The van der Waals surface area contributed by atoms with Gasteiger partial charge >= 0.3 is 0 Å². The second-order valence-electron chi connectivity index (χ2n) is 5.53. The molecule has 1 aliphatic heterocycles. The molecule has 2 nitrogen and oxygen atoms in total. The number of allylic oxidation sites excluding steroid dienone is 2. The zero-order valence-corrected chi connectivity index (χ0v) is 12.3. The molecule has 0 saturated heterocycles. The molecule has 0 radical (unpaired) electrons. The number of rotatable bonds is 5. The van der Waals surface area contributed by atoms with Gasteiger partial charge < -0.3 is 0 Å². The van der Waals surface area contributed by atoms with Crippen molar-refractivity contribution in [3.05, 3.63) is 40.6 Å². The Morgan fingerprint density at radius 3 is 2.95 bits per heavy atom. The van der Waals surface area contributed by atoms with Crippen molar-refractivity contribution in [1.82, 2.24) is 0 Å². The molecule has 0 bridgehead atoms. The van der Waals surface area contributed by atoms with E-state index in [0.717, 1.165) is 5.71 Å². The molecular formula is C17H19NOS. The number of hydrogen-bond acceptors (Lipinski definition) is 3. The molecule has 2 heterocycles. The van der Waals surface area contributed by atoms with Crippen molar-refractivity contribution in [3.63, 3.8) is 0 Å². The predicted octanol–water partition coefficient (Wildman–Crippen LogP) is 4.29. The molecule has 0 aromatic carbocycles. The fraction of sp³-hybridized carbons (Fsp3) is 0.412. The Balaban J connectivity index is 1.57. The number of hydrogen-bond donors (Lipinski definition) is 0. The Morgan fingerprint density at radius 2 is 2.20 bits per heavy atom. The van der Waals surface area contributed by atoms with Crippen molar-refractivity contribution in [2.75, 3.05) is 0 Å². The largest absolute Gasteiger partial charge is 0.297 e. The average molecular weight is 285 g/mol. The summed E-state index contributed by atoms with van der Waals surface area (Å²) in [6, 6.07) is 3.87. The van der Waals surface area contributed by atoms with Crippen molar-refractivity contribution >= 4 is 28.9 Å². The first-order chi connectivity index (χ1) is 9.81. The van der Waals surface area contributed by atoms with Crippen LogP contribution in [0.1, 0.15) is 37.0 Å². The molecule has 0 amide bonds.